The number of amides is 1. The Kier molecular flexibility index (Phi) is 5.53. The van der Waals surface area contributed by atoms with Crippen LogP contribution in [0, 0.1) is 6.92 Å². The third kappa shape index (κ3) is 5.36. The SMILES string of the molecule is [2H]C([2H])([2H])N1CCN(c2cncc(-c3cn(-c4cc(C(=O)Nc5cc(C(C)(C)C)on5)cnc4C)nn3)c2)CC1. The molecule has 11 nitrogen and oxygen atoms in total. The van der Waals surface area contributed by atoms with Gasteiger partial charge in [-0.1, -0.05) is 31.1 Å². The molecular formula is C26H31N9O2. The number of hydrogen-bond acceptors (Lipinski definition) is 9. The predicted molar refractivity (Wildman–Crippen MR) is 140 cm³/mol. The number of nitrogens with one attached hydrogen (secondary N) is 1. The molecule has 0 spiro atoms. The Hall–Kier alpha value is -4.12. The molecule has 5 rings (SSSR count). The van der Waals surface area contributed by atoms with Crippen LogP contribution < -0.4 is 10.2 Å². The van der Waals surface area contributed by atoms with Gasteiger partial charge in [0.2, 0.25) is 0 Å². The van der Waals surface area contributed by atoms with E-state index in [9.17, 15) is 4.79 Å². The molecule has 1 N–H and O–H groups in total. The van der Waals surface area contributed by atoms with Crippen molar-refractivity contribution in [1.29, 1.82) is 0 Å². The van der Waals surface area contributed by atoms with Gasteiger partial charge in [-0.25, -0.2) is 4.68 Å². The number of rotatable bonds is 5. The van der Waals surface area contributed by atoms with Crippen LogP contribution in [0.1, 0.15) is 46.7 Å². The van der Waals surface area contributed by atoms with Crippen molar-refractivity contribution in [3.05, 3.63) is 60.0 Å². The molecule has 1 aliphatic rings. The average molecular weight is 505 g/mol. The molecule has 0 bridgehead atoms. The Bertz CT molecular complexity index is 1520. The lowest BCUT2D eigenvalue weighted by atomic mass is 9.93. The van der Waals surface area contributed by atoms with Gasteiger partial charge < -0.3 is 19.6 Å². The Morgan fingerprint density at radius 3 is 2.65 bits per heavy atom. The van der Waals surface area contributed by atoms with Crippen LogP contribution in [-0.4, -0.2) is 74.1 Å². The van der Waals surface area contributed by atoms with Gasteiger partial charge in [-0.05, 0) is 26.0 Å². The van der Waals surface area contributed by atoms with Crippen molar-refractivity contribution in [2.24, 2.45) is 0 Å². The highest BCUT2D eigenvalue weighted by atomic mass is 16.5. The molecule has 5 heterocycles. The molecule has 4 aromatic rings. The quantitative estimate of drug-likeness (QED) is 0.437. The number of aromatic nitrogens is 6. The van der Waals surface area contributed by atoms with E-state index in [1.807, 2.05) is 33.8 Å². The summed E-state index contributed by atoms with van der Waals surface area (Å²) in [5.41, 5.74) is 3.62. The van der Waals surface area contributed by atoms with Crippen molar-refractivity contribution in [2.75, 3.05) is 43.4 Å². The van der Waals surface area contributed by atoms with E-state index in [0.717, 1.165) is 11.3 Å². The first-order valence-corrected chi connectivity index (χ1v) is 12.0. The fraction of sp³-hybridized carbons (Fsp3) is 0.385. The third-order valence-corrected chi connectivity index (χ3v) is 6.22. The van der Waals surface area contributed by atoms with Crippen molar-refractivity contribution in [3.63, 3.8) is 0 Å². The first-order chi connectivity index (χ1) is 18.9. The smallest absolute Gasteiger partial charge is 0.258 e. The van der Waals surface area contributed by atoms with Crippen LogP contribution in [0.3, 0.4) is 0 Å². The number of pyridine rings is 2. The van der Waals surface area contributed by atoms with E-state index in [-0.39, 0.29) is 11.3 Å². The summed E-state index contributed by atoms with van der Waals surface area (Å²) >= 11 is 0. The molecule has 0 radical (unpaired) electrons. The maximum absolute atomic E-state index is 12.9. The van der Waals surface area contributed by atoms with E-state index in [4.69, 9.17) is 8.64 Å². The van der Waals surface area contributed by atoms with Gasteiger partial charge in [0.15, 0.2) is 5.82 Å². The van der Waals surface area contributed by atoms with Gasteiger partial charge in [0.1, 0.15) is 11.5 Å². The molecule has 37 heavy (non-hydrogen) atoms. The van der Waals surface area contributed by atoms with Crippen LogP contribution in [0.4, 0.5) is 11.5 Å². The normalized spacial score (nSPS) is 16.2. The molecule has 1 amide bonds. The van der Waals surface area contributed by atoms with Gasteiger partial charge in [-0.15, -0.1) is 5.10 Å². The lowest BCUT2D eigenvalue weighted by Gasteiger charge is -2.33. The zero-order chi connectivity index (χ0) is 28.7. The van der Waals surface area contributed by atoms with Crippen molar-refractivity contribution in [3.8, 4) is 16.9 Å². The van der Waals surface area contributed by atoms with E-state index < -0.39 is 6.98 Å². The minimum absolute atomic E-state index is 0.233. The molecule has 1 aliphatic heterocycles. The number of piperazine rings is 1. The minimum atomic E-state index is -2.08. The minimum Gasteiger partial charge on any atom is -0.368 e. The molecule has 0 atom stereocenters. The zero-order valence-electron chi connectivity index (χ0n) is 24.3. The van der Waals surface area contributed by atoms with Crippen LogP contribution in [0.5, 0.6) is 0 Å². The van der Waals surface area contributed by atoms with Crippen molar-refractivity contribution in [2.45, 2.75) is 33.1 Å². The zero-order valence-corrected chi connectivity index (χ0v) is 21.3. The van der Waals surface area contributed by atoms with Crippen LogP contribution in [-0.2, 0) is 5.41 Å². The molecule has 0 aromatic carbocycles. The molecular weight excluding hydrogens is 470 g/mol. The number of aryl methyl sites for hydroxylation is 1. The molecule has 0 unspecified atom stereocenters. The van der Waals surface area contributed by atoms with Gasteiger partial charge in [-0.2, -0.15) is 0 Å². The Labute approximate surface area is 219 Å². The second kappa shape index (κ2) is 9.74. The van der Waals surface area contributed by atoms with Crippen LogP contribution in [0.15, 0.2) is 47.5 Å². The summed E-state index contributed by atoms with van der Waals surface area (Å²) in [6.45, 7) is 7.80. The molecule has 0 saturated carbocycles. The molecule has 4 aromatic heterocycles. The first kappa shape index (κ1) is 21.0. The number of carbonyl (C=O) groups is 1. The fourth-order valence-corrected chi connectivity index (χ4v) is 3.97. The summed E-state index contributed by atoms with van der Waals surface area (Å²) in [4.78, 5) is 25.3. The number of carbonyl (C=O) groups excluding carboxylic acids is 1. The first-order valence-electron chi connectivity index (χ1n) is 13.5. The molecule has 192 valence electrons. The topological polar surface area (TPSA) is 118 Å². The van der Waals surface area contributed by atoms with Crippen molar-refractivity contribution in [1.82, 2.24) is 35.0 Å². The van der Waals surface area contributed by atoms with Crippen LogP contribution in [0.25, 0.3) is 16.9 Å². The maximum atomic E-state index is 12.9. The van der Waals surface area contributed by atoms with E-state index in [1.54, 1.807) is 35.4 Å². The largest absolute Gasteiger partial charge is 0.368 e. The lowest BCUT2D eigenvalue weighted by Crippen LogP contribution is -2.44. The lowest BCUT2D eigenvalue weighted by molar-refractivity contribution is 0.102. The summed E-state index contributed by atoms with van der Waals surface area (Å²) in [7, 11) is 0. The average Bonchev–Trinajstić information content (AvgIpc) is 3.59. The summed E-state index contributed by atoms with van der Waals surface area (Å²) in [5, 5.41) is 15.3. The van der Waals surface area contributed by atoms with Crippen molar-refractivity contribution < 1.29 is 13.4 Å². The molecule has 0 aliphatic carbocycles. The molecule has 11 heteroatoms. The highest BCUT2D eigenvalue weighted by Crippen LogP contribution is 2.26. The Morgan fingerprint density at radius 2 is 1.92 bits per heavy atom. The molecule has 1 fully saturated rings. The number of hydrogen-bond donors (Lipinski definition) is 1. The summed E-state index contributed by atoms with van der Waals surface area (Å²) < 4.78 is 29.8. The summed E-state index contributed by atoms with van der Waals surface area (Å²) in [6.07, 6.45) is 6.71. The fourth-order valence-electron chi connectivity index (χ4n) is 3.97. The van der Waals surface area contributed by atoms with E-state index in [0.29, 0.717) is 60.4 Å². The van der Waals surface area contributed by atoms with Gasteiger partial charge in [-0.3, -0.25) is 14.8 Å². The predicted octanol–water partition coefficient (Wildman–Crippen LogP) is 3.32. The number of anilines is 2. The van der Waals surface area contributed by atoms with Crippen LogP contribution in [0.2, 0.25) is 0 Å². The van der Waals surface area contributed by atoms with E-state index in [2.05, 4.69) is 35.7 Å². The van der Waals surface area contributed by atoms with E-state index >= 15 is 0 Å². The van der Waals surface area contributed by atoms with E-state index in [1.165, 1.54) is 11.1 Å². The highest BCUT2D eigenvalue weighted by molar-refractivity contribution is 6.03. The van der Waals surface area contributed by atoms with Crippen molar-refractivity contribution >= 4 is 17.4 Å². The summed E-state index contributed by atoms with van der Waals surface area (Å²) in [5.74, 6) is 0.614. The standard InChI is InChI=1S/C26H31N9O2/c1-17-22(11-19(14-28-17)25(36)29-24-12-23(37-31-24)26(2,3)4)35-16-21(30-32-35)18-10-20(15-27-13-18)34-8-6-33(5)7-9-34/h10-16H,6-9H2,1-5H3,(H,29,31,36)/i5D3. The number of nitrogens with zero attached hydrogens (tertiary/aromatic N) is 8. The second-order valence-electron chi connectivity index (χ2n) is 10.1. The van der Waals surface area contributed by atoms with Gasteiger partial charge in [0.25, 0.3) is 5.91 Å². The highest BCUT2D eigenvalue weighted by Gasteiger charge is 2.21. The maximum Gasteiger partial charge on any atom is 0.258 e. The van der Waals surface area contributed by atoms with Gasteiger partial charge in [0.05, 0.1) is 35.0 Å². The third-order valence-electron chi connectivity index (χ3n) is 6.22. The van der Waals surface area contributed by atoms with Gasteiger partial charge >= 0.3 is 0 Å². The van der Waals surface area contributed by atoms with Crippen LogP contribution >= 0.6 is 0 Å². The summed E-state index contributed by atoms with van der Waals surface area (Å²) in [6, 6.07) is 5.37. The second-order valence-corrected chi connectivity index (χ2v) is 10.1. The Balaban J connectivity index is 1.32. The Morgan fingerprint density at radius 1 is 1.11 bits per heavy atom. The van der Waals surface area contributed by atoms with Gasteiger partial charge in [0, 0.05) is 59.7 Å². The monoisotopic (exact) mass is 504 g/mol. The molecule has 1 saturated heterocycles. The number of likely N-dealkylation sites (N-methyl/N-ethyl adjacent to an activating group) is 1.